The number of amides is 1. The van der Waals surface area contributed by atoms with Gasteiger partial charge in [0.1, 0.15) is 0 Å². The quantitative estimate of drug-likeness (QED) is 0.566. The first-order valence-electron chi connectivity index (χ1n) is 11.3. The Morgan fingerprint density at radius 2 is 1.94 bits per heavy atom. The van der Waals surface area contributed by atoms with Crippen molar-refractivity contribution in [1.29, 1.82) is 0 Å². The van der Waals surface area contributed by atoms with E-state index in [4.69, 9.17) is 4.74 Å². The van der Waals surface area contributed by atoms with E-state index in [1.165, 1.54) is 0 Å². The molecule has 1 amide bonds. The molecule has 10 heteroatoms. The van der Waals surface area contributed by atoms with Gasteiger partial charge in [-0.15, -0.1) is 11.3 Å². The largest absolute Gasteiger partial charge is 0.447 e. The second-order valence-electron chi connectivity index (χ2n) is 8.79. The maximum absolute atomic E-state index is 12.9. The average Bonchev–Trinajstić information content (AvgIpc) is 3.23. The highest BCUT2D eigenvalue weighted by Crippen LogP contribution is 2.40. The van der Waals surface area contributed by atoms with E-state index >= 15 is 0 Å². The van der Waals surface area contributed by atoms with Crippen molar-refractivity contribution in [2.45, 2.75) is 69.4 Å². The molecule has 1 aliphatic carbocycles. The number of nitrogens with one attached hydrogen (secondary N) is 2. The molecule has 0 radical (unpaired) electrons. The van der Waals surface area contributed by atoms with Crippen LogP contribution in [0.3, 0.4) is 0 Å². The lowest BCUT2D eigenvalue weighted by atomic mass is 9.86. The van der Waals surface area contributed by atoms with Gasteiger partial charge in [-0.3, -0.25) is 0 Å². The minimum atomic E-state index is -3.64. The smallest absolute Gasteiger partial charge is 0.407 e. The number of sulfonamides is 1. The fraction of sp³-hybridized carbons (Fsp3) is 0.565. The average molecular weight is 495 g/mol. The molecule has 0 spiro atoms. The van der Waals surface area contributed by atoms with E-state index in [1.54, 1.807) is 30.5 Å². The number of hydrogen-bond acceptors (Lipinski definition) is 7. The molecule has 0 unspecified atom stereocenters. The van der Waals surface area contributed by atoms with Crippen molar-refractivity contribution >= 4 is 33.1 Å². The molecule has 0 bridgehead atoms. The van der Waals surface area contributed by atoms with E-state index < -0.39 is 10.0 Å². The summed E-state index contributed by atoms with van der Waals surface area (Å²) in [5.74, 6) is 0.304. The molecule has 1 aliphatic rings. The number of carbonyl (C=O) groups excluding carboxylic acids is 1. The Morgan fingerprint density at radius 3 is 2.55 bits per heavy atom. The van der Waals surface area contributed by atoms with Crippen LogP contribution in [0.25, 0.3) is 10.4 Å². The fourth-order valence-corrected chi connectivity index (χ4v) is 6.45. The van der Waals surface area contributed by atoms with E-state index in [0.29, 0.717) is 18.0 Å². The second-order valence-corrected chi connectivity index (χ2v) is 11.6. The molecular weight excluding hydrogens is 460 g/mol. The lowest BCUT2D eigenvalue weighted by Crippen LogP contribution is -2.38. The summed E-state index contributed by atoms with van der Waals surface area (Å²) in [6, 6.07) is 5.60. The number of benzene rings is 1. The molecule has 8 nitrogen and oxygen atoms in total. The highest BCUT2D eigenvalue weighted by atomic mass is 32.2. The third-order valence-corrected chi connectivity index (χ3v) is 8.41. The van der Waals surface area contributed by atoms with E-state index in [9.17, 15) is 13.2 Å². The Kier molecular flexibility index (Phi) is 8.36. The zero-order chi connectivity index (χ0) is 24.2. The minimum Gasteiger partial charge on any atom is -0.447 e. The third kappa shape index (κ3) is 6.45. The third-order valence-electron chi connectivity index (χ3n) is 5.64. The summed E-state index contributed by atoms with van der Waals surface area (Å²) in [6.45, 7) is 5.76. The van der Waals surface area contributed by atoms with Gasteiger partial charge in [0.05, 0.1) is 20.9 Å². The predicted molar refractivity (Wildman–Crippen MR) is 132 cm³/mol. The Morgan fingerprint density at radius 1 is 1.24 bits per heavy atom. The number of alkyl carbamates (subject to hydrolysis) is 1. The molecule has 0 atom stereocenters. The Balaban J connectivity index is 1.76. The van der Waals surface area contributed by atoms with Crippen molar-refractivity contribution < 1.29 is 17.9 Å². The van der Waals surface area contributed by atoms with Gasteiger partial charge in [-0.25, -0.2) is 22.9 Å². The molecule has 3 rings (SSSR count). The van der Waals surface area contributed by atoms with E-state index in [1.807, 2.05) is 45.0 Å². The monoisotopic (exact) mass is 494 g/mol. The summed E-state index contributed by atoms with van der Waals surface area (Å²) in [5.41, 5.74) is 1.49. The van der Waals surface area contributed by atoms with Crippen molar-refractivity contribution in [2.75, 3.05) is 25.5 Å². The van der Waals surface area contributed by atoms with Gasteiger partial charge < -0.3 is 15.0 Å². The van der Waals surface area contributed by atoms with Gasteiger partial charge in [0.15, 0.2) is 0 Å². The van der Waals surface area contributed by atoms with Crippen LogP contribution >= 0.6 is 11.3 Å². The first-order chi connectivity index (χ1) is 15.6. The predicted octanol–water partition coefficient (Wildman–Crippen LogP) is 4.34. The van der Waals surface area contributed by atoms with Crippen LogP contribution in [0.4, 0.5) is 10.5 Å². The van der Waals surface area contributed by atoms with Crippen LogP contribution in [0.2, 0.25) is 0 Å². The molecule has 1 saturated carbocycles. The van der Waals surface area contributed by atoms with Crippen molar-refractivity contribution in [1.82, 2.24) is 15.0 Å². The number of rotatable bonds is 8. The standard InChI is InChI=1S/C23H34N4O4S2/c1-6-25-33(29,30)21-13-18(27(4)5)11-12-19(21)20-14-24-22(32-20)16-7-9-17(10-8-16)26-23(28)31-15(2)3/h11-17,25H,6-10H2,1-5H3,(H,26,28)/t16-,17-. The lowest BCUT2D eigenvalue weighted by molar-refractivity contribution is 0.109. The van der Waals surface area contributed by atoms with Gasteiger partial charge in [0, 0.05) is 50.0 Å². The van der Waals surface area contributed by atoms with Crippen LogP contribution in [-0.4, -0.2) is 52.3 Å². The zero-order valence-electron chi connectivity index (χ0n) is 19.9. The molecular formula is C23H34N4O4S2. The summed E-state index contributed by atoms with van der Waals surface area (Å²) in [5, 5.41) is 3.96. The van der Waals surface area contributed by atoms with E-state index in [-0.39, 0.29) is 23.1 Å². The number of anilines is 1. The van der Waals surface area contributed by atoms with Crippen LogP contribution in [0, 0.1) is 0 Å². The van der Waals surface area contributed by atoms with E-state index in [2.05, 4.69) is 15.0 Å². The molecule has 2 N–H and O–H groups in total. The molecule has 0 saturated heterocycles. The van der Waals surface area contributed by atoms with Crippen molar-refractivity contribution in [2.24, 2.45) is 0 Å². The molecule has 2 aromatic rings. The first kappa shape index (κ1) is 25.5. The number of carbonyl (C=O) groups is 1. The van der Waals surface area contributed by atoms with Gasteiger partial charge in [0.2, 0.25) is 10.0 Å². The Bertz CT molecular complexity index is 1060. The van der Waals surface area contributed by atoms with E-state index in [0.717, 1.165) is 41.3 Å². The van der Waals surface area contributed by atoms with Gasteiger partial charge >= 0.3 is 6.09 Å². The SMILES string of the molecule is CCNS(=O)(=O)c1cc(N(C)C)ccc1-c1cnc([C@H]2CC[C@H](NC(=O)OC(C)C)CC2)s1. The maximum atomic E-state index is 12.9. The normalized spacial score (nSPS) is 18.8. The summed E-state index contributed by atoms with van der Waals surface area (Å²) >= 11 is 1.55. The van der Waals surface area contributed by atoms with Gasteiger partial charge in [-0.2, -0.15) is 0 Å². The highest BCUT2D eigenvalue weighted by Gasteiger charge is 2.27. The molecule has 1 aromatic carbocycles. The van der Waals surface area contributed by atoms with Crippen LogP contribution in [0.5, 0.6) is 0 Å². The lowest BCUT2D eigenvalue weighted by Gasteiger charge is -2.28. The number of hydrogen-bond donors (Lipinski definition) is 2. The van der Waals surface area contributed by atoms with Crippen LogP contribution in [0.15, 0.2) is 29.3 Å². The van der Waals surface area contributed by atoms with Crippen molar-refractivity contribution in [3.8, 4) is 10.4 Å². The summed E-state index contributed by atoms with van der Waals surface area (Å²) in [4.78, 5) is 19.5. The topological polar surface area (TPSA) is 101 Å². The molecule has 1 heterocycles. The first-order valence-corrected chi connectivity index (χ1v) is 13.6. The highest BCUT2D eigenvalue weighted by molar-refractivity contribution is 7.89. The van der Waals surface area contributed by atoms with Gasteiger partial charge in [-0.05, 0) is 51.7 Å². The molecule has 182 valence electrons. The Hall–Kier alpha value is -2.17. The summed E-state index contributed by atoms with van der Waals surface area (Å²) in [7, 11) is 0.134. The van der Waals surface area contributed by atoms with Gasteiger partial charge in [-0.1, -0.05) is 13.0 Å². The number of nitrogens with zero attached hydrogens (tertiary/aromatic N) is 2. The van der Waals surface area contributed by atoms with Crippen molar-refractivity contribution in [3.63, 3.8) is 0 Å². The Labute approximate surface area is 200 Å². The van der Waals surface area contributed by atoms with Gasteiger partial charge in [0.25, 0.3) is 0 Å². The maximum Gasteiger partial charge on any atom is 0.407 e. The number of ether oxygens (including phenoxy) is 1. The second kappa shape index (κ2) is 10.8. The number of thiazole rings is 1. The molecule has 0 aliphatic heterocycles. The van der Waals surface area contributed by atoms with Crippen molar-refractivity contribution in [3.05, 3.63) is 29.4 Å². The van der Waals surface area contributed by atoms with Crippen LogP contribution < -0.4 is 14.9 Å². The summed E-state index contributed by atoms with van der Waals surface area (Å²) in [6.07, 6.45) is 4.85. The summed E-state index contributed by atoms with van der Waals surface area (Å²) < 4.78 is 33.6. The number of aromatic nitrogens is 1. The molecule has 1 fully saturated rings. The van der Waals surface area contributed by atoms with Crippen LogP contribution in [0.1, 0.15) is 57.4 Å². The zero-order valence-corrected chi connectivity index (χ0v) is 21.6. The fourth-order valence-electron chi connectivity index (χ4n) is 3.98. The molecule has 1 aromatic heterocycles. The minimum absolute atomic E-state index is 0.113. The molecule has 33 heavy (non-hydrogen) atoms. The van der Waals surface area contributed by atoms with Crippen LogP contribution in [-0.2, 0) is 14.8 Å².